The Balaban J connectivity index is 1.62. The van der Waals surface area contributed by atoms with E-state index in [1.807, 2.05) is 55.6 Å². The fourth-order valence-corrected chi connectivity index (χ4v) is 2.91. The first kappa shape index (κ1) is 15.7. The average Bonchev–Trinajstić information content (AvgIpc) is 2.91. The van der Waals surface area contributed by atoms with Crippen molar-refractivity contribution in [2.75, 3.05) is 6.54 Å². The SMILES string of the molecule is CC(NCC(O)Cc1ccccc1)c1nc2ccccc2n1C. The normalized spacial score (nSPS) is 14.0. The Kier molecular flexibility index (Phi) is 4.74. The molecule has 23 heavy (non-hydrogen) atoms. The number of fused-ring (bicyclic) bond motifs is 1. The van der Waals surface area contributed by atoms with E-state index in [9.17, 15) is 5.11 Å². The molecule has 2 N–H and O–H groups in total. The standard InChI is InChI=1S/C19H23N3O/c1-14(19-21-17-10-6-7-11-18(17)22(19)2)20-13-16(23)12-15-8-4-3-5-9-15/h3-11,14,16,20,23H,12-13H2,1-2H3. The van der Waals surface area contributed by atoms with E-state index < -0.39 is 6.10 Å². The maximum absolute atomic E-state index is 10.2. The molecule has 1 heterocycles. The fraction of sp³-hybridized carbons (Fsp3) is 0.316. The minimum absolute atomic E-state index is 0.0813. The molecule has 0 fully saturated rings. The van der Waals surface area contributed by atoms with Crippen LogP contribution in [0.15, 0.2) is 54.6 Å². The van der Waals surface area contributed by atoms with E-state index in [1.165, 1.54) is 0 Å². The van der Waals surface area contributed by atoms with Crippen LogP contribution in [-0.4, -0.2) is 27.3 Å². The van der Waals surface area contributed by atoms with Gasteiger partial charge in [-0.1, -0.05) is 42.5 Å². The first-order valence-electron chi connectivity index (χ1n) is 8.02. The molecule has 0 aliphatic rings. The summed E-state index contributed by atoms with van der Waals surface area (Å²) >= 11 is 0. The summed E-state index contributed by atoms with van der Waals surface area (Å²) in [4.78, 5) is 4.69. The fourth-order valence-electron chi connectivity index (χ4n) is 2.91. The number of benzene rings is 2. The number of aliphatic hydroxyl groups is 1. The summed E-state index contributed by atoms with van der Waals surface area (Å²) < 4.78 is 2.11. The topological polar surface area (TPSA) is 50.1 Å². The molecule has 0 radical (unpaired) electrons. The summed E-state index contributed by atoms with van der Waals surface area (Å²) in [5, 5.41) is 13.6. The number of para-hydroxylation sites is 2. The number of nitrogens with zero attached hydrogens (tertiary/aromatic N) is 2. The number of imidazole rings is 1. The molecule has 3 rings (SSSR count). The summed E-state index contributed by atoms with van der Waals surface area (Å²) in [5.41, 5.74) is 3.28. The average molecular weight is 309 g/mol. The van der Waals surface area contributed by atoms with Crippen LogP contribution in [0, 0.1) is 0 Å². The van der Waals surface area contributed by atoms with Gasteiger partial charge in [-0.3, -0.25) is 0 Å². The van der Waals surface area contributed by atoms with Crippen LogP contribution in [0.1, 0.15) is 24.4 Å². The van der Waals surface area contributed by atoms with E-state index in [0.29, 0.717) is 13.0 Å². The number of nitrogens with one attached hydrogen (secondary N) is 1. The van der Waals surface area contributed by atoms with Gasteiger partial charge >= 0.3 is 0 Å². The highest BCUT2D eigenvalue weighted by Gasteiger charge is 2.15. The summed E-state index contributed by atoms with van der Waals surface area (Å²) in [5.74, 6) is 0.984. The third-order valence-corrected chi connectivity index (χ3v) is 4.18. The molecule has 0 saturated carbocycles. The van der Waals surface area contributed by atoms with Crippen molar-refractivity contribution in [2.45, 2.75) is 25.5 Å². The van der Waals surface area contributed by atoms with Gasteiger partial charge in [-0.2, -0.15) is 0 Å². The summed E-state index contributed by atoms with van der Waals surface area (Å²) in [7, 11) is 2.03. The molecule has 3 aromatic rings. The van der Waals surface area contributed by atoms with Gasteiger partial charge in [-0.15, -0.1) is 0 Å². The highest BCUT2D eigenvalue weighted by atomic mass is 16.3. The molecule has 0 spiro atoms. The van der Waals surface area contributed by atoms with E-state index in [2.05, 4.69) is 22.9 Å². The van der Waals surface area contributed by atoms with Crippen LogP contribution in [0.3, 0.4) is 0 Å². The van der Waals surface area contributed by atoms with Crippen molar-refractivity contribution in [3.8, 4) is 0 Å². The maximum atomic E-state index is 10.2. The number of rotatable bonds is 6. The van der Waals surface area contributed by atoms with Crippen LogP contribution in [-0.2, 0) is 13.5 Å². The van der Waals surface area contributed by atoms with Crippen LogP contribution in [0.5, 0.6) is 0 Å². The molecular formula is C19H23N3O. The third-order valence-electron chi connectivity index (χ3n) is 4.18. The molecule has 4 heteroatoms. The number of hydrogen-bond donors (Lipinski definition) is 2. The first-order chi connectivity index (χ1) is 11.1. The van der Waals surface area contributed by atoms with Gasteiger partial charge in [0.1, 0.15) is 5.82 Å². The first-order valence-corrected chi connectivity index (χ1v) is 8.02. The highest BCUT2D eigenvalue weighted by Crippen LogP contribution is 2.19. The van der Waals surface area contributed by atoms with Crippen LogP contribution in [0.2, 0.25) is 0 Å². The third kappa shape index (κ3) is 3.60. The Morgan fingerprint density at radius 3 is 2.52 bits per heavy atom. The Hall–Kier alpha value is -2.17. The maximum Gasteiger partial charge on any atom is 0.126 e. The Morgan fingerprint density at radius 2 is 1.78 bits per heavy atom. The molecule has 2 aromatic carbocycles. The molecule has 0 aliphatic carbocycles. The van der Waals surface area contributed by atoms with Gasteiger partial charge in [0, 0.05) is 13.6 Å². The monoisotopic (exact) mass is 309 g/mol. The molecule has 0 aliphatic heterocycles. The molecule has 2 unspecified atom stereocenters. The lowest BCUT2D eigenvalue weighted by Gasteiger charge is -2.17. The second kappa shape index (κ2) is 6.94. The van der Waals surface area contributed by atoms with Crippen LogP contribution < -0.4 is 5.32 Å². The van der Waals surface area contributed by atoms with Gasteiger partial charge in [-0.05, 0) is 31.0 Å². The second-order valence-electron chi connectivity index (χ2n) is 5.99. The highest BCUT2D eigenvalue weighted by molar-refractivity contribution is 5.75. The van der Waals surface area contributed by atoms with Gasteiger partial charge in [0.05, 0.1) is 23.2 Å². The van der Waals surface area contributed by atoms with Crippen molar-refractivity contribution in [3.05, 3.63) is 66.0 Å². The van der Waals surface area contributed by atoms with Crippen molar-refractivity contribution < 1.29 is 5.11 Å². The van der Waals surface area contributed by atoms with Crippen molar-refractivity contribution in [2.24, 2.45) is 7.05 Å². The lowest BCUT2D eigenvalue weighted by molar-refractivity contribution is 0.167. The zero-order valence-electron chi connectivity index (χ0n) is 13.6. The van der Waals surface area contributed by atoms with Gasteiger partial charge in [0.25, 0.3) is 0 Å². The zero-order valence-corrected chi connectivity index (χ0v) is 13.6. The number of aromatic nitrogens is 2. The number of hydrogen-bond acceptors (Lipinski definition) is 3. The molecule has 4 nitrogen and oxygen atoms in total. The Labute approximate surface area is 136 Å². The quantitative estimate of drug-likeness (QED) is 0.736. The zero-order chi connectivity index (χ0) is 16.2. The summed E-state index contributed by atoms with van der Waals surface area (Å²) in [6.07, 6.45) is 0.248. The Morgan fingerprint density at radius 1 is 1.09 bits per heavy atom. The lowest BCUT2D eigenvalue weighted by Crippen LogP contribution is -2.31. The van der Waals surface area contributed by atoms with Gasteiger partial charge in [-0.25, -0.2) is 4.98 Å². The van der Waals surface area contributed by atoms with Crippen LogP contribution in [0.4, 0.5) is 0 Å². The molecular weight excluding hydrogens is 286 g/mol. The molecule has 0 amide bonds. The minimum atomic E-state index is -0.408. The molecule has 1 aromatic heterocycles. The predicted molar refractivity (Wildman–Crippen MR) is 93.3 cm³/mol. The smallest absolute Gasteiger partial charge is 0.126 e. The van der Waals surface area contributed by atoms with E-state index in [4.69, 9.17) is 4.98 Å². The van der Waals surface area contributed by atoms with Crippen molar-refractivity contribution in [1.29, 1.82) is 0 Å². The lowest BCUT2D eigenvalue weighted by atomic mass is 10.1. The molecule has 0 saturated heterocycles. The van der Waals surface area contributed by atoms with Gasteiger partial charge in [0.15, 0.2) is 0 Å². The van der Waals surface area contributed by atoms with Crippen LogP contribution in [0.25, 0.3) is 11.0 Å². The second-order valence-corrected chi connectivity index (χ2v) is 5.99. The number of aryl methyl sites for hydroxylation is 1. The Bertz CT molecular complexity index is 767. The minimum Gasteiger partial charge on any atom is -0.391 e. The van der Waals surface area contributed by atoms with Crippen LogP contribution >= 0.6 is 0 Å². The van der Waals surface area contributed by atoms with E-state index >= 15 is 0 Å². The summed E-state index contributed by atoms with van der Waals surface area (Å²) in [6.45, 7) is 2.62. The van der Waals surface area contributed by atoms with Crippen molar-refractivity contribution in [3.63, 3.8) is 0 Å². The largest absolute Gasteiger partial charge is 0.391 e. The predicted octanol–water partition coefficient (Wildman–Crippen LogP) is 2.83. The molecule has 0 bridgehead atoms. The van der Waals surface area contributed by atoms with Gasteiger partial charge < -0.3 is 15.0 Å². The molecule has 120 valence electrons. The van der Waals surface area contributed by atoms with Crippen molar-refractivity contribution in [1.82, 2.24) is 14.9 Å². The van der Waals surface area contributed by atoms with E-state index in [-0.39, 0.29) is 6.04 Å². The number of aliphatic hydroxyl groups excluding tert-OH is 1. The van der Waals surface area contributed by atoms with E-state index in [0.717, 1.165) is 22.4 Å². The summed E-state index contributed by atoms with van der Waals surface area (Å²) in [6, 6.07) is 18.3. The van der Waals surface area contributed by atoms with Crippen molar-refractivity contribution >= 4 is 11.0 Å². The molecule has 2 atom stereocenters. The van der Waals surface area contributed by atoms with Gasteiger partial charge in [0.2, 0.25) is 0 Å². The van der Waals surface area contributed by atoms with E-state index in [1.54, 1.807) is 0 Å².